The smallest absolute Gasteiger partial charge is 0.244 e. The summed E-state index contributed by atoms with van der Waals surface area (Å²) in [5.74, 6) is 0.275. The first-order valence-corrected chi connectivity index (χ1v) is 8.92. The van der Waals surface area contributed by atoms with E-state index in [0.717, 1.165) is 35.4 Å². The number of para-hydroxylation sites is 2. The van der Waals surface area contributed by atoms with Crippen molar-refractivity contribution in [1.82, 2.24) is 14.9 Å². The summed E-state index contributed by atoms with van der Waals surface area (Å²) in [4.78, 5) is 17.1. The number of carbonyl (C=O) groups excluding carboxylic acids is 1. The minimum absolute atomic E-state index is 0. The summed E-state index contributed by atoms with van der Waals surface area (Å²) in [6, 6.07) is 11.3. The standard InChI is InChI=1S/C20H21FN4O.ClH/c1-2-18-23-15-5-3-4-6-17(15)25(18)12-19(26)24-16-8-7-13-11-22-10-9-14(13)20(16)21;/h3-8,22H,2,9-12H2,1H3,(H,24,26);1H. The Labute approximate surface area is 163 Å². The molecular weight excluding hydrogens is 367 g/mol. The fraction of sp³-hybridized carbons (Fsp3) is 0.300. The van der Waals surface area contributed by atoms with Crippen molar-refractivity contribution >= 4 is 35.0 Å². The Balaban J connectivity index is 0.00000210. The number of aryl methyl sites for hydroxylation is 1. The summed E-state index contributed by atoms with van der Waals surface area (Å²) in [5.41, 5.74) is 3.68. The van der Waals surface area contributed by atoms with Gasteiger partial charge in [0.2, 0.25) is 5.91 Å². The number of carbonyl (C=O) groups is 1. The second kappa shape index (κ2) is 8.06. The summed E-state index contributed by atoms with van der Waals surface area (Å²) in [5, 5.41) is 5.96. The second-order valence-corrected chi connectivity index (χ2v) is 6.50. The van der Waals surface area contributed by atoms with E-state index in [1.54, 1.807) is 6.07 Å². The number of hydrogen-bond acceptors (Lipinski definition) is 3. The monoisotopic (exact) mass is 388 g/mol. The third-order valence-corrected chi connectivity index (χ3v) is 4.83. The van der Waals surface area contributed by atoms with E-state index in [-0.39, 0.29) is 36.4 Å². The third kappa shape index (κ3) is 3.68. The van der Waals surface area contributed by atoms with Gasteiger partial charge in [0.1, 0.15) is 18.2 Å². The number of nitrogens with one attached hydrogen (secondary N) is 2. The van der Waals surface area contributed by atoms with Crippen molar-refractivity contribution in [3.05, 3.63) is 59.2 Å². The first kappa shape index (κ1) is 19.3. The largest absolute Gasteiger partial charge is 0.322 e. The predicted molar refractivity (Wildman–Crippen MR) is 107 cm³/mol. The van der Waals surface area contributed by atoms with Crippen molar-refractivity contribution < 1.29 is 9.18 Å². The Morgan fingerprint density at radius 1 is 1.30 bits per heavy atom. The van der Waals surface area contributed by atoms with Gasteiger partial charge in [-0.05, 0) is 42.3 Å². The average molecular weight is 389 g/mol. The average Bonchev–Trinajstić information content (AvgIpc) is 3.02. The van der Waals surface area contributed by atoms with Crippen LogP contribution in [0.15, 0.2) is 36.4 Å². The lowest BCUT2D eigenvalue weighted by Gasteiger charge is -2.19. The molecule has 0 unspecified atom stereocenters. The van der Waals surface area contributed by atoms with Crippen LogP contribution in [0.2, 0.25) is 0 Å². The predicted octanol–water partition coefficient (Wildman–Crippen LogP) is 3.44. The number of imidazole rings is 1. The van der Waals surface area contributed by atoms with Crippen LogP contribution in [0, 0.1) is 5.82 Å². The molecule has 0 aliphatic carbocycles. The number of anilines is 1. The molecule has 0 fully saturated rings. The van der Waals surface area contributed by atoms with Gasteiger partial charge in [-0.1, -0.05) is 25.1 Å². The third-order valence-electron chi connectivity index (χ3n) is 4.83. The summed E-state index contributed by atoms with van der Waals surface area (Å²) >= 11 is 0. The highest BCUT2D eigenvalue weighted by molar-refractivity contribution is 5.92. The van der Waals surface area contributed by atoms with Crippen molar-refractivity contribution in [2.75, 3.05) is 11.9 Å². The molecule has 1 aliphatic heterocycles. The second-order valence-electron chi connectivity index (χ2n) is 6.50. The van der Waals surface area contributed by atoms with Gasteiger partial charge in [-0.15, -0.1) is 12.4 Å². The quantitative estimate of drug-likeness (QED) is 0.719. The maximum Gasteiger partial charge on any atom is 0.244 e. The van der Waals surface area contributed by atoms with E-state index in [0.29, 0.717) is 18.5 Å². The van der Waals surface area contributed by atoms with E-state index >= 15 is 0 Å². The van der Waals surface area contributed by atoms with E-state index in [4.69, 9.17) is 0 Å². The molecule has 1 amide bonds. The molecule has 3 aromatic rings. The van der Waals surface area contributed by atoms with Crippen LogP contribution < -0.4 is 10.6 Å². The molecule has 5 nitrogen and oxygen atoms in total. The summed E-state index contributed by atoms with van der Waals surface area (Å²) in [7, 11) is 0. The fourth-order valence-corrected chi connectivity index (χ4v) is 3.54. The first-order chi connectivity index (χ1) is 12.7. The van der Waals surface area contributed by atoms with Crippen LogP contribution in [0.4, 0.5) is 10.1 Å². The van der Waals surface area contributed by atoms with Gasteiger partial charge >= 0.3 is 0 Å². The normalized spacial score (nSPS) is 13.1. The minimum atomic E-state index is -0.316. The van der Waals surface area contributed by atoms with E-state index in [1.165, 1.54) is 0 Å². The number of amides is 1. The van der Waals surface area contributed by atoms with Gasteiger partial charge < -0.3 is 15.2 Å². The Morgan fingerprint density at radius 2 is 2.11 bits per heavy atom. The fourth-order valence-electron chi connectivity index (χ4n) is 3.54. The van der Waals surface area contributed by atoms with Gasteiger partial charge in [-0.2, -0.15) is 0 Å². The van der Waals surface area contributed by atoms with Crippen LogP contribution in [-0.4, -0.2) is 22.0 Å². The van der Waals surface area contributed by atoms with Crippen LogP contribution in [0.1, 0.15) is 23.9 Å². The molecule has 27 heavy (non-hydrogen) atoms. The van der Waals surface area contributed by atoms with Crippen LogP contribution >= 0.6 is 12.4 Å². The van der Waals surface area contributed by atoms with Crippen molar-refractivity contribution in [2.45, 2.75) is 32.9 Å². The lowest BCUT2D eigenvalue weighted by molar-refractivity contribution is -0.116. The molecule has 0 atom stereocenters. The Bertz CT molecular complexity index is 986. The maximum absolute atomic E-state index is 14.7. The number of halogens is 2. The Kier molecular flexibility index (Phi) is 5.77. The number of nitrogens with zero attached hydrogens (tertiary/aromatic N) is 2. The zero-order chi connectivity index (χ0) is 18.1. The van der Waals surface area contributed by atoms with Gasteiger partial charge in [-0.3, -0.25) is 4.79 Å². The van der Waals surface area contributed by atoms with Crippen LogP contribution in [0.25, 0.3) is 11.0 Å². The molecule has 2 aromatic carbocycles. The Morgan fingerprint density at radius 3 is 2.93 bits per heavy atom. The lowest BCUT2D eigenvalue weighted by Crippen LogP contribution is -2.26. The van der Waals surface area contributed by atoms with E-state index < -0.39 is 0 Å². The molecular formula is C20H22ClFN4O. The zero-order valence-corrected chi connectivity index (χ0v) is 15.9. The maximum atomic E-state index is 14.7. The van der Waals surface area contributed by atoms with Crippen molar-refractivity contribution in [2.24, 2.45) is 0 Å². The SMILES string of the molecule is CCc1nc2ccccc2n1CC(=O)Nc1ccc2c(c1F)CCNC2.Cl. The molecule has 0 spiro atoms. The molecule has 1 aromatic heterocycles. The number of aromatic nitrogens is 2. The topological polar surface area (TPSA) is 59.0 Å². The lowest BCUT2D eigenvalue weighted by atomic mass is 9.99. The van der Waals surface area contributed by atoms with Crippen molar-refractivity contribution in [3.63, 3.8) is 0 Å². The van der Waals surface area contributed by atoms with E-state index in [1.807, 2.05) is 41.8 Å². The molecule has 0 saturated heterocycles. The zero-order valence-electron chi connectivity index (χ0n) is 15.1. The highest BCUT2D eigenvalue weighted by Gasteiger charge is 2.18. The van der Waals surface area contributed by atoms with Gasteiger partial charge in [0.05, 0.1) is 16.7 Å². The molecule has 0 saturated carbocycles. The number of fused-ring (bicyclic) bond motifs is 2. The van der Waals surface area contributed by atoms with Gasteiger partial charge in [0.25, 0.3) is 0 Å². The molecule has 7 heteroatoms. The van der Waals surface area contributed by atoms with Crippen LogP contribution in [0.5, 0.6) is 0 Å². The summed E-state index contributed by atoms with van der Waals surface area (Å²) in [6.07, 6.45) is 1.36. The molecule has 2 heterocycles. The van der Waals surface area contributed by atoms with E-state index in [9.17, 15) is 9.18 Å². The number of rotatable bonds is 4. The Hall–Kier alpha value is -2.44. The van der Waals surface area contributed by atoms with Crippen LogP contribution in [-0.2, 0) is 30.7 Å². The van der Waals surface area contributed by atoms with Gasteiger partial charge in [0.15, 0.2) is 0 Å². The molecule has 4 rings (SSSR count). The van der Waals surface area contributed by atoms with Crippen LogP contribution in [0.3, 0.4) is 0 Å². The number of benzene rings is 2. The summed E-state index contributed by atoms with van der Waals surface area (Å²) < 4.78 is 16.6. The minimum Gasteiger partial charge on any atom is -0.322 e. The number of hydrogen-bond donors (Lipinski definition) is 2. The highest BCUT2D eigenvalue weighted by Crippen LogP contribution is 2.25. The van der Waals surface area contributed by atoms with Gasteiger partial charge in [-0.25, -0.2) is 9.37 Å². The van der Waals surface area contributed by atoms with Crippen molar-refractivity contribution in [3.8, 4) is 0 Å². The summed E-state index contributed by atoms with van der Waals surface area (Å²) in [6.45, 7) is 3.54. The van der Waals surface area contributed by atoms with Gasteiger partial charge in [0, 0.05) is 13.0 Å². The van der Waals surface area contributed by atoms with E-state index in [2.05, 4.69) is 15.6 Å². The molecule has 0 bridgehead atoms. The first-order valence-electron chi connectivity index (χ1n) is 8.92. The molecule has 0 radical (unpaired) electrons. The molecule has 142 valence electrons. The molecule has 1 aliphatic rings. The van der Waals surface area contributed by atoms with Crippen molar-refractivity contribution in [1.29, 1.82) is 0 Å². The highest BCUT2D eigenvalue weighted by atomic mass is 35.5. The molecule has 2 N–H and O–H groups in total.